The molecule has 134 valence electrons. The molecule has 2 aromatic rings. The van der Waals surface area contributed by atoms with Crippen molar-refractivity contribution in [3.8, 4) is 0 Å². The topological polar surface area (TPSA) is 85.2 Å². The predicted octanol–water partition coefficient (Wildman–Crippen LogP) is 3.01. The van der Waals surface area contributed by atoms with Gasteiger partial charge in [0.25, 0.3) is 0 Å². The Morgan fingerprint density at radius 3 is 2.52 bits per heavy atom. The number of esters is 1. The van der Waals surface area contributed by atoms with Gasteiger partial charge in [-0.15, -0.1) is 0 Å². The molecular formula is C18H24N4O3. The summed E-state index contributed by atoms with van der Waals surface area (Å²) in [6, 6.07) is 6.35. The van der Waals surface area contributed by atoms with Gasteiger partial charge in [0, 0.05) is 24.8 Å². The minimum Gasteiger partial charge on any atom is -0.456 e. The Kier molecular flexibility index (Phi) is 5.46. The van der Waals surface area contributed by atoms with Crippen molar-refractivity contribution in [3.63, 3.8) is 0 Å². The van der Waals surface area contributed by atoms with Crippen molar-refractivity contribution in [2.45, 2.75) is 39.8 Å². The van der Waals surface area contributed by atoms with Crippen LogP contribution in [0.25, 0.3) is 0 Å². The number of para-hydroxylation sites is 1. The minimum atomic E-state index is -0.607. The molecule has 0 unspecified atom stereocenters. The molecule has 0 aliphatic carbocycles. The second kappa shape index (κ2) is 7.38. The van der Waals surface area contributed by atoms with Gasteiger partial charge >= 0.3 is 12.0 Å². The molecule has 0 bridgehead atoms. The Morgan fingerprint density at radius 2 is 1.92 bits per heavy atom. The number of ether oxygens (including phenoxy) is 1. The molecule has 0 saturated carbocycles. The minimum absolute atomic E-state index is 0.310. The largest absolute Gasteiger partial charge is 0.456 e. The Hall–Kier alpha value is -2.83. The molecule has 0 aliphatic heterocycles. The van der Waals surface area contributed by atoms with Crippen LogP contribution in [-0.4, -0.2) is 27.4 Å². The van der Waals surface area contributed by atoms with E-state index in [4.69, 9.17) is 4.74 Å². The average Bonchev–Trinajstić information content (AvgIpc) is 2.83. The highest BCUT2D eigenvalue weighted by molar-refractivity contribution is 6.00. The third kappa shape index (κ3) is 5.07. The van der Waals surface area contributed by atoms with Gasteiger partial charge in [-0.25, -0.2) is 9.59 Å². The van der Waals surface area contributed by atoms with Gasteiger partial charge < -0.3 is 15.4 Å². The summed E-state index contributed by atoms with van der Waals surface area (Å²) >= 11 is 0. The Bertz CT molecular complexity index is 775. The van der Waals surface area contributed by atoms with Crippen molar-refractivity contribution in [1.29, 1.82) is 0 Å². The average molecular weight is 344 g/mol. The number of aromatic nitrogens is 2. The number of anilines is 1. The lowest BCUT2D eigenvalue weighted by Crippen LogP contribution is -2.30. The summed E-state index contributed by atoms with van der Waals surface area (Å²) in [5, 5.41) is 9.59. The lowest BCUT2D eigenvalue weighted by Gasteiger charge is -2.20. The number of hydrogen-bond donors (Lipinski definition) is 2. The number of nitrogens with one attached hydrogen (secondary N) is 2. The second-order valence-corrected chi connectivity index (χ2v) is 6.73. The third-order valence-electron chi connectivity index (χ3n) is 3.57. The first-order chi connectivity index (χ1) is 11.7. The highest BCUT2D eigenvalue weighted by atomic mass is 16.6. The van der Waals surface area contributed by atoms with Crippen LogP contribution in [0, 0.1) is 6.92 Å². The lowest BCUT2D eigenvalue weighted by atomic mass is 10.1. The number of benzene rings is 1. The molecule has 0 radical (unpaired) electrons. The summed E-state index contributed by atoms with van der Waals surface area (Å²) in [5.41, 5.74) is 2.01. The van der Waals surface area contributed by atoms with Crippen molar-refractivity contribution >= 4 is 17.7 Å². The van der Waals surface area contributed by atoms with Gasteiger partial charge in [0.15, 0.2) is 0 Å². The lowest BCUT2D eigenvalue weighted by molar-refractivity contribution is 0.00708. The van der Waals surface area contributed by atoms with Gasteiger partial charge in [-0.3, -0.25) is 4.68 Å². The molecule has 2 N–H and O–H groups in total. The number of nitrogens with zero attached hydrogens (tertiary/aromatic N) is 2. The van der Waals surface area contributed by atoms with Crippen LogP contribution in [0.15, 0.2) is 30.5 Å². The Labute approximate surface area is 147 Å². The van der Waals surface area contributed by atoms with Crippen molar-refractivity contribution in [1.82, 2.24) is 15.1 Å². The fraction of sp³-hybridized carbons (Fsp3) is 0.389. The van der Waals surface area contributed by atoms with Gasteiger partial charge in [0.1, 0.15) is 5.60 Å². The normalized spacial score (nSPS) is 11.1. The molecular weight excluding hydrogens is 320 g/mol. The number of aryl methyl sites for hydroxylation is 1. The van der Waals surface area contributed by atoms with Crippen molar-refractivity contribution < 1.29 is 14.3 Å². The highest BCUT2D eigenvalue weighted by Crippen LogP contribution is 2.19. The molecule has 7 heteroatoms. The first-order valence-corrected chi connectivity index (χ1v) is 8.02. The van der Waals surface area contributed by atoms with Crippen LogP contribution in [-0.2, 0) is 18.3 Å². The van der Waals surface area contributed by atoms with E-state index in [1.807, 2.05) is 14.0 Å². The van der Waals surface area contributed by atoms with E-state index in [-0.39, 0.29) is 0 Å². The van der Waals surface area contributed by atoms with E-state index >= 15 is 0 Å². The number of urea groups is 1. The maximum Gasteiger partial charge on any atom is 0.340 e. The highest BCUT2D eigenvalue weighted by Gasteiger charge is 2.20. The van der Waals surface area contributed by atoms with E-state index in [2.05, 4.69) is 15.7 Å². The van der Waals surface area contributed by atoms with E-state index < -0.39 is 17.6 Å². The zero-order valence-corrected chi connectivity index (χ0v) is 15.2. The molecule has 2 amide bonds. The molecule has 1 aromatic carbocycles. The van der Waals surface area contributed by atoms with E-state index in [0.29, 0.717) is 17.8 Å². The Morgan fingerprint density at radius 1 is 1.24 bits per heavy atom. The summed E-state index contributed by atoms with van der Waals surface area (Å²) in [5.74, 6) is -0.480. The first-order valence-electron chi connectivity index (χ1n) is 8.02. The summed E-state index contributed by atoms with van der Waals surface area (Å²) in [4.78, 5) is 24.4. The van der Waals surface area contributed by atoms with E-state index in [1.54, 1.807) is 55.9 Å². The number of carbonyl (C=O) groups is 2. The van der Waals surface area contributed by atoms with E-state index in [0.717, 1.165) is 11.3 Å². The molecule has 1 aromatic heterocycles. The summed E-state index contributed by atoms with van der Waals surface area (Å²) in [6.07, 6.45) is 1.71. The monoisotopic (exact) mass is 344 g/mol. The molecule has 1 heterocycles. The SMILES string of the molecule is Cc1c(CNC(=O)Nc2ccccc2C(=O)OC(C)(C)C)cnn1C. The number of amides is 2. The fourth-order valence-electron chi connectivity index (χ4n) is 2.16. The summed E-state index contributed by atoms with van der Waals surface area (Å²) < 4.78 is 7.11. The molecule has 25 heavy (non-hydrogen) atoms. The fourth-order valence-corrected chi connectivity index (χ4v) is 2.16. The van der Waals surface area contributed by atoms with Crippen LogP contribution in [0.4, 0.5) is 10.5 Å². The molecule has 7 nitrogen and oxygen atoms in total. The molecule has 2 rings (SSSR count). The van der Waals surface area contributed by atoms with Crippen molar-refractivity contribution in [3.05, 3.63) is 47.3 Å². The quantitative estimate of drug-likeness (QED) is 0.835. The summed E-state index contributed by atoms with van der Waals surface area (Å²) in [7, 11) is 1.84. The molecule has 0 aliphatic rings. The zero-order valence-electron chi connectivity index (χ0n) is 15.2. The van der Waals surface area contributed by atoms with Crippen LogP contribution < -0.4 is 10.6 Å². The number of rotatable bonds is 4. The van der Waals surface area contributed by atoms with Crippen LogP contribution in [0.2, 0.25) is 0 Å². The molecule has 0 spiro atoms. The second-order valence-electron chi connectivity index (χ2n) is 6.73. The number of carbonyl (C=O) groups excluding carboxylic acids is 2. The predicted molar refractivity (Wildman–Crippen MR) is 95.4 cm³/mol. The van der Waals surface area contributed by atoms with E-state index in [1.165, 1.54) is 0 Å². The zero-order chi connectivity index (χ0) is 18.6. The van der Waals surface area contributed by atoms with Gasteiger partial charge in [-0.1, -0.05) is 12.1 Å². The van der Waals surface area contributed by atoms with E-state index in [9.17, 15) is 9.59 Å². The smallest absolute Gasteiger partial charge is 0.340 e. The molecule has 0 saturated heterocycles. The molecule has 0 atom stereocenters. The maximum absolute atomic E-state index is 12.3. The first kappa shape index (κ1) is 18.5. The number of hydrogen-bond acceptors (Lipinski definition) is 4. The van der Waals surface area contributed by atoms with Gasteiger partial charge in [-0.2, -0.15) is 5.10 Å². The maximum atomic E-state index is 12.3. The standard InChI is InChI=1S/C18H24N4O3/c1-12-13(11-20-22(12)5)10-19-17(24)21-15-9-7-6-8-14(15)16(23)25-18(2,3)4/h6-9,11H,10H2,1-5H3,(H2,19,21,24). The van der Waals surface area contributed by atoms with Crippen LogP contribution >= 0.6 is 0 Å². The van der Waals surface area contributed by atoms with Crippen molar-refractivity contribution in [2.75, 3.05) is 5.32 Å². The van der Waals surface area contributed by atoms with Crippen LogP contribution in [0.1, 0.15) is 42.4 Å². The van der Waals surface area contributed by atoms with Gasteiger partial charge in [0.05, 0.1) is 17.4 Å². The third-order valence-corrected chi connectivity index (χ3v) is 3.57. The molecule has 0 fully saturated rings. The Balaban J connectivity index is 2.03. The van der Waals surface area contributed by atoms with Gasteiger partial charge in [-0.05, 0) is 39.8 Å². The summed E-state index contributed by atoms with van der Waals surface area (Å²) in [6.45, 7) is 7.66. The van der Waals surface area contributed by atoms with Crippen LogP contribution in [0.5, 0.6) is 0 Å². The van der Waals surface area contributed by atoms with Gasteiger partial charge in [0.2, 0.25) is 0 Å². The van der Waals surface area contributed by atoms with Crippen LogP contribution in [0.3, 0.4) is 0 Å². The van der Waals surface area contributed by atoms with Crippen molar-refractivity contribution in [2.24, 2.45) is 7.05 Å².